The number of halogens is 2. The lowest BCUT2D eigenvalue weighted by Crippen LogP contribution is -2.41. The van der Waals surface area contributed by atoms with Crippen LogP contribution in [0.4, 0.5) is 5.69 Å². The van der Waals surface area contributed by atoms with Crippen molar-refractivity contribution in [3.63, 3.8) is 0 Å². The lowest BCUT2D eigenvalue weighted by Gasteiger charge is -2.23. The molecule has 1 amide bonds. The molecule has 0 heterocycles. The van der Waals surface area contributed by atoms with Crippen molar-refractivity contribution in [2.75, 3.05) is 23.7 Å². The van der Waals surface area contributed by atoms with Gasteiger partial charge in [-0.25, -0.2) is 8.42 Å². The molecule has 142 valence electrons. The predicted molar refractivity (Wildman–Crippen MR) is 105 cm³/mol. The summed E-state index contributed by atoms with van der Waals surface area (Å²) in [7, 11) is -3.66. The van der Waals surface area contributed by atoms with E-state index < -0.39 is 10.0 Å². The van der Waals surface area contributed by atoms with Gasteiger partial charge in [-0.15, -0.1) is 0 Å². The summed E-state index contributed by atoms with van der Waals surface area (Å²) in [4.78, 5) is 12.3. The lowest BCUT2D eigenvalue weighted by molar-refractivity contribution is -0.119. The zero-order chi connectivity index (χ0) is 19.0. The number of hydrogen-bond acceptors (Lipinski definition) is 3. The van der Waals surface area contributed by atoms with Crippen LogP contribution in [0.3, 0.4) is 0 Å². The Morgan fingerprint density at radius 3 is 2.48 bits per heavy atom. The van der Waals surface area contributed by atoms with Crippen LogP contribution in [-0.2, 0) is 14.8 Å². The standard InChI is InChI=1S/C17H26Cl2N2O3S/c1-4-6-7-13(5-2)11-20-17(22)12-21(25(3,23)24)16-9-8-14(18)10-15(16)19/h8-10,13H,4-7,11-12H2,1-3H3,(H,20,22)/t13-/m0/s1. The number of rotatable bonds is 10. The van der Waals surface area contributed by atoms with E-state index in [1.165, 1.54) is 18.2 Å². The largest absolute Gasteiger partial charge is 0.354 e. The molecule has 0 radical (unpaired) electrons. The van der Waals surface area contributed by atoms with Gasteiger partial charge in [0.05, 0.1) is 17.0 Å². The second-order valence-corrected chi connectivity index (χ2v) is 8.84. The van der Waals surface area contributed by atoms with Gasteiger partial charge in [0, 0.05) is 11.6 Å². The Hall–Kier alpha value is -0.980. The average molecular weight is 409 g/mol. The van der Waals surface area contributed by atoms with E-state index in [4.69, 9.17) is 23.2 Å². The number of nitrogens with one attached hydrogen (secondary N) is 1. The first-order valence-corrected chi connectivity index (χ1v) is 11.0. The maximum absolute atomic E-state index is 12.3. The Balaban J connectivity index is 2.81. The number of amides is 1. The third kappa shape index (κ3) is 7.42. The molecule has 1 rings (SSSR count). The second-order valence-electron chi connectivity index (χ2n) is 6.09. The van der Waals surface area contributed by atoms with E-state index >= 15 is 0 Å². The second kappa shape index (κ2) is 10.2. The molecule has 0 aliphatic rings. The highest BCUT2D eigenvalue weighted by molar-refractivity contribution is 7.92. The molecule has 0 aliphatic carbocycles. The van der Waals surface area contributed by atoms with Gasteiger partial charge in [-0.2, -0.15) is 0 Å². The molecular formula is C17H26Cl2N2O3S. The van der Waals surface area contributed by atoms with Crippen LogP contribution in [0.5, 0.6) is 0 Å². The Labute approximate surface area is 160 Å². The molecule has 5 nitrogen and oxygen atoms in total. The highest BCUT2D eigenvalue weighted by Crippen LogP contribution is 2.30. The fraction of sp³-hybridized carbons (Fsp3) is 0.588. The molecule has 0 saturated carbocycles. The first-order valence-electron chi connectivity index (χ1n) is 8.38. The summed E-state index contributed by atoms with van der Waals surface area (Å²) < 4.78 is 25.2. The molecule has 0 aliphatic heterocycles. The molecule has 1 aromatic rings. The average Bonchev–Trinajstić information content (AvgIpc) is 2.52. The van der Waals surface area contributed by atoms with Gasteiger partial charge in [-0.05, 0) is 30.5 Å². The van der Waals surface area contributed by atoms with Crippen LogP contribution in [0.1, 0.15) is 39.5 Å². The molecule has 0 bridgehead atoms. The quantitative estimate of drug-likeness (QED) is 0.633. The van der Waals surface area contributed by atoms with Crippen LogP contribution in [0, 0.1) is 5.92 Å². The van der Waals surface area contributed by atoms with Crippen molar-refractivity contribution in [3.8, 4) is 0 Å². The summed E-state index contributed by atoms with van der Waals surface area (Å²) >= 11 is 12.0. The normalized spacial score (nSPS) is 12.7. The summed E-state index contributed by atoms with van der Waals surface area (Å²) in [6.07, 6.45) is 5.29. The van der Waals surface area contributed by atoms with Crippen LogP contribution in [0.25, 0.3) is 0 Å². The number of sulfonamides is 1. The maximum Gasteiger partial charge on any atom is 0.240 e. The zero-order valence-corrected chi connectivity index (χ0v) is 17.2. The molecule has 0 fully saturated rings. The van der Waals surface area contributed by atoms with Crippen molar-refractivity contribution in [2.24, 2.45) is 5.92 Å². The van der Waals surface area contributed by atoms with Crippen LogP contribution in [0.2, 0.25) is 10.0 Å². The minimum Gasteiger partial charge on any atom is -0.354 e. The van der Waals surface area contributed by atoms with Gasteiger partial charge < -0.3 is 5.32 Å². The Kier molecular flexibility index (Phi) is 9.03. The molecule has 8 heteroatoms. The van der Waals surface area contributed by atoms with Gasteiger partial charge in [-0.1, -0.05) is 56.3 Å². The van der Waals surface area contributed by atoms with Crippen LogP contribution >= 0.6 is 23.2 Å². The Bertz CT molecular complexity index is 680. The minimum atomic E-state index is -3.66. The lowest BCUT2D eigenvalue weighted by atomic mass is 9.99. The van der Waals surface area contributed by atoms with Crippen molar-refractivity contribution in [1.29, 1.82) is 0 Å². The summed E-state index contributed by atoms with van der Waals surface area (Å²) in [5, 5.41) is 3.41. The van der Waals surface area contributed by atoms with Gasteiger partial charge in [0.25, 0.3) is 0 Å². The highest BCUT2D eigenvalue weighted by atomic mass is 35.5. The van der Waals surface area contributed by atoms with Gasteiger partial charge in [0.2, 0.25) is 15.9 Å². The van der Waals surface area contributed by atoms with Crippen molar-refractivity contribution in [2.45, 2.75) is 39.5 Å². The van der Waals surface area contributed by atoms with E-state index in [1.54, 1.807) is 0 Å². The van der Waals surface area contributed by atoms with E-state index in [0.717, 1.165) is 36.2 Å². The van der Waals surface area contributed by atoms with Crippen LogP contribution < -0.4 is 9.62 Å². The first-order chi connectivity index (χ1) is 11.7. The van der Waals surface area contributed by atoms with E-state index in [9.17, 15) is 13.2 Å². The summed E-state index contributed by atoms with van der Waals surface area (Å²) in [6.45, 7) is 4.44. The fourth-order valence-electron chi connectivity index (χ4n) is 2.45. The van der Waals surface area contributed by atoms with E-state index in [2.05, 4.69) is 19.2 Å². The molecule has 0 spiro atoms. The van der Waals surface area contributed by atoms with Crippen molar-refractivity contribution in [1.82, 2.24) is 5.32 Å². The third-order valence-electron chi connectivity index (χ3n) is 4.00. The van der Waals surface area contributed by atoms with Gasteiger partial charge >= 0.3 is 0 Å². The number of anilines is 1. The van der Waals surface area contributed by atoms with Crippen LogP contribution in [-0.4, -0.2) is 33.7 Å². The van der Waals surface area contributed by atoms with Gasteiger partial charge in [-0.3, -0.25) is 9.10 Å². The van der Waals surface area contributed by atoms with E-state index in [0.29, 0.717) is 17.5 Å². The highest BCUT2D eigenvalue weighted by Gasteiger charge is 2.23. The maximum atomic E-state index is 12.3. The number of carbonyl (C=O) groups excluding carboxylic acids is 1. The zero-order valence-electron chi connectivity index (χ0n) is 14.9. The third-order valence-corrected chi connectivity index (χ3v) is 5.66. The molecule has 25 heavy (non-hydrogen) atoms. The van der Waals surface area contributed by atoms with Crippen molar-refractivity contribution in [3.05, 3.63) is 28.2 Å². The topological polar surface area (TPSA) is 66.5 Å². The summed E-state index contributed by atoms with van der Waals surface area (Å²) in [5.41, 5.74) is 0.238. The van der Waals surface area contributed by atoms with Gasteiger partial charge in [0.15, 0.2) is 0 Å². The molecule has 0 unspecified atom stereocenters. The smallest absolute Gasteiger partial charge is 0.240 e. The van der Waals surface area contributed by atoms with Crippen molar-refractivity contribution < 1.29 is 13.2 Å². The monoisotopic (exact) mass is 408 g/mol. The molecule has 0 saturated heterocycles. The predicted octanol–water partition coefficient (Wildman–Crippen LogP) is 4.09. The van der Waals surface area contributed by atoms with Crippen molar-refractivity contribution >= 4 is 44.8 Å². The summed E-state index contributed by atoms with van der Waals surface area (Å²) in [5.74, 6) is 0.0427. The van der Waals surface area contributed by atoms with E-state index in [-0.39, 0.29) is 23.2 Å². The molecular weight excluding hydrogens is 383 g/mol. The number of carbonyl (C=O) groups is 1. The number of hydrogen-bond donors (Lipinski definition) is 1. The van der Waals surface area contributed by atoms with Crippen LogP contribution in [0.15, 0.2) is 18.2 Å². The number of nitrogens with zero attached hydrogens (tertiary/aromatic N) is 1. The van der Waals surface area contributed by atoms with E-state index in [1.807, 2.05) is 0 Å². The number of unbranched alkanes of at least 4 members (excludes halogenated alkanes) is 1. The Morgan fingerprint density at radius 2 is 1.96 bits per heavy atom. The fourth-order valence-corrected chi connectivity index (χ4v) is 3.88. The number of benzene rings is 1. The van der Waals surface area contributed by atoms with Gasteiger partial charge in [0.1, 0.15) is 6.54 Å². The Morgan fingerprint density at radius 1 is 1.28 bits per heavy atom. The first kappa shape index (κ1) is 22.1. The summed E-state index contributed by atoms with van der Waals surface area (Å²) in [6, 6.07) is 4.48. The molecule has 0 aromatic heterocycles. The SMILES string of the molecule is CCCC[C@H](CC)CNC(=O)CN(c1ccc(Cl)cc1Cl)S(C)(=O)=O. The molecule has 1 aromatic carbocycles. The molecule has 1 N–H and O–H groups in total. The minimum absolute atomic E-state index is 0.181. The molecule has 1 atom stereocenters.